The molecule has 0 spiro atoms. The third-order valence-electron chi connectivity index (χ3n) is 3.32. The number of nitrogens with zero attached hydrogens (tertiary/aromatic N) is 1. The molecule has 3 rings (SSSR count). The number of hydrogen-bond donors (Lipinski definition) is 1. The van der Waals surface area contributed by atoms with Crippen LogP contribution in [0.15, 0.2) is 72.9 Å². The number of carbonyl (C=O) groups excluding carboxylic acids is 1. The van der Waals surface area contributed by atoms with Crippen LogP contribution in [-0.2, 0) is 0 Å². The number of alkyl halides is 3. The Balaban J connectivity index is 1.76. The lowest BCUT2D eigenvalue weighted by Crippen LogP contribution is -2.19. The van der Waals surface area contributed by atoms with Gasteiger partial charge in [-0.1, -0.05) is 24.3 Å². The Morgan fingerprint density at radius 3 is 2.48 bits per heavy atom. The smallest absolute Gasteiger partial charge is 0.439 e. The van der Waals surface area contributed by atoms with Gasteiger partial charge in [0.25, 0.3) is 5.91 Å². The summed E-state index contributed by atoms with van der Waals surface area (Å²) in [6.07, 6.45) is -3.30. The number of carbonyl (C=O) groups is 1. The first-order valence-electron chi connectivity index (χ1n) is 7.76. The van der Waals surface area contributed by atoms with Gasteiger partial charge in [0, 0.05) is 17.8 Å². The normalized spacial score (nSPS) is 10.9. The van der Waals surface area contributed by atoms with E-state index in [-0.39, 0.29) is 11.3 Å². The Morgan fingerprint density at radius 1 is 0.963 bits per heavy atom. The minimum atomic E-state index is -4.86. The van der Waals surface area contributed by atoms with E-state index >= 15 is 0 Å². The summed E-state index contributed by atoms with van der Waals surface area (Å²) in [7, 11) is 0. The minimum Gasteiger partial charge on any atom is -0.439 e. The second kappa shape index (κ2) is 7.77. The molecule has 3 aromatic rings. The third kappa shape index (κ3) is 5.21. The summed E-state index contributed by atoms with van der Waals surface area (Å²) in [6.45, 7) is 0. The van der Waals surface area contributed by atoms with E-state index in [4.69, 9.17) is 4.74 Å². The highest BCUT2D eigenvalue weighted by atomic mass is 19.4. The monoisotopic (exact) mass is 374 g/mol. The highest BCUT2D eigenvalue weighted by Crippen LogP contribution is 2.30. The van der Waals surface area contributed by atoms with Crippen molar-refractivity contribution in [3.63, 3.8) is 0 Å². The fraction of sp³-hybridized carbons (Fsp3) is 0.0526. The van der Waals surface area contributed by atoms with Crippen molar-refractivity contribution < 1.29 is 27.4 Å². The maximum atomic E-state index is 12.5. The van der Waals surface area contributed by atoms with Crippen molar-refractivity contribution in [1.82, 2.24) is 4.98 Å². The average molecular weight is 374 g/mol. The van der Waals surface area contributed by atoms with Crippen molar-refractivity contribution in [3.05, 3.63) is 78.5 Å². The van der Waals surface area contributed by atoms with Crippen LogP contribution in [0.25, 0.3) is 0 Å². The minimum absolute atomic E-state index is 0.101. The maximum absolute atomic E-state index is 12.5. The van der Waals surface area contributed by atoms with Gasteiger partial charge in [-0.2, -0.15) is 0 Å². The molecule has 0 radical (unpaired) electrons. The van der Waals surface area contributed by atoms with Crippen LogP contribution in [0.5, 0.6) is 17.4 Å². The number of halogens is 3. The lowest BCUT2D eigenvalue weighted by atomic mass is 10.2. The lowest BCUT2D eigenvalue weighted by molar-refractivity contribution is -0.274. The number of benzene rings is 2. The highest BCUT2D eigenvalue weighted by molar-refractivity contribution is 6.05. The van der Waals surface area contributed by atoms with Crippen molar-refractivity contribution in [2.75, 3.05) is 5.32 Å². The molecular formula is C19H13F3N2O3. The first kappa shape index (κ1) is 18.2. The molecule has 138 valence electrons. The second-order valence-corrected chi connectivity index (χ2v) is 5.30. The van der Waals surface area contributed by atoms with Gasteiger partial charge in [-0.15, -0.1) is 13.2 Å². The molecule has 0 aliphatic carbocycles. The van der Waals surface area contributed by atoms with Gasteiger partial charge < -0.3 is 14.8 Å². The molecule has 27 heavy (non-hydrogen) atoms. The van der Waals surface area contributed by atoms with Gasteiger partial charge in [-0.05, 0) is 36.4 Å². The molecule has 1 N–H and O–H groups in total. The zero-order chi connectivity index (χ0) is 19.3. The molecule has 0 saturated carbocycles. The van der Waals surface area contributed by atoms with Crippen molar-refractivity contribution in [2.24, 2.45) is 0 Å². The van der Waals surface area contributed by atoms with Crippen LogP contribution < -0.4 is 14.8 Å². The summed E-state index contributed by atoms with van der Waals surface area (Å²) in [5.74, 6) is -0.404. The molecule has 1 amide bonds. The summed E-state index contributed by atoms with van der Waals surface area (Å²) < 4.78 is 46.9. The van der Waals surface area contributed by atoms with Crippen LogP contribution in [0.4, 0.5) is 18.9 Å². The van der Waals surface area contributed by atoms with E-state index in [2.05, 4.69) is 15.0 Å². The van der Waals surface area contributed by atoms with E-state index in [1.54, 1.807) is 36.5 Å². The summed E-state index contributed by atoms with van der Waals surface area (Å²) in [6, 6.07) is 16.6. The quantitative estimate of drug-likeness (QED) is 0.681. The van der Waals surface area contributed by atoms with Gasteiger partial charge in [-0.25, -0.2) is 4.98 Å². The Morgan fingerprint density at radius 2 is 1.74 bits per heavy atom. The van der Waals surface area contributed by atoms with Crippen molar-refractivity contribution in [1.29, 1.82) is 0 Å². The molecule has 5 nitrogen and oxygen atoms in total. The molecule has 0 atom stereocenters. The van der Waals surface area contributed by atoms with Gasteiger partial charge in [0.2, 0.25) is 5.88 Å². The van der Waals surface area contributed by atoms with Crippen LogP contribution in [0.1, 0.15) is 10.4 Å². The molecule has 8 heteroatoms. The molecule has 1 heterocycles. The van der Waals surface area contributed by atoms with E-state index in [0.29, 0.717) is 11.6 Å². The molecule has 2 aromatic carbocycles. The molecular weight excluding hydrogens is 361 g/mol. The Kier molecular flexibility index (Phi) is 5.25. The van der Waals surface area contributed by atoms with Crippen LogP contribution in [0.2, 0.25) is 0 Å². The predicted octanol–water partition coefficient (Wildman–Crippen LogP) is 5.02. The summed E-state index contributed by atoms with van der Waals surface area (Å²) >= 11 is 0. The number of anilines is 1. The van der Waals surface area contributed by atoms with Gasteiger partial charge in [0.15, 0.2) is 5.75 Å². The largest absolute Gasteiger partial charge is 0.573 e. The maximum Gasteiger partial charge on any atom is 0.573 e. The first-order chi connectivity index (χ1) is 12.9. The fourth-order valence-electron chi connectivity index (χ4n) is 2.21. The number of para-hydroxylation sites is 2. The van der Waals surface area contributed by atoms with E-state index in [9.17, 15) is 18.0 Å². The molecule has 0 aliphatic heterocycles. The number of nitrogens with one attached hydrogen (secondary N) is 1. The standard InChI is InChI=1S/C19H13F3N2O3/c20-19(21,22)27-16-9-2-1-8-15(16)24-18(25)13-6-5-7-14(12-13)26-17-10-3-4-11-23-17/h1-12H,(H,24,25). The van der Waals surface area contributed by atoms with Gasteiger partial charge >= 0.3 is 6.36 Å². The number of pyridine rings is 1. The predicted molar refractivity (Wildman–Crippen MR) is 91.8 cm³/mol. The zero-order valence-corrected chi connectivity index (χ0v) is 13.7. The number of hydrogen-bond acceptors (Lipinski definition) is 4. The third-order valence-corrected chi connectivity index (χ3v) is 3.32. The number of aromatic nitrogens is 1. The summed E-state index contributed by atoms with van der Waals surface area (Å²) in [4.78, 5) is 16.4. The molecule has 0 unspecified atom stereocenters. The number of amides is 1. The van der Waals surface area contributed by atoms with Gasteiger partial charge in [0.1, 0.15) is 5.75 Å². The van der Waals surface area contributed by atoms with Crippen molar-refractivity contribution in [3.8, 4) is 17.4 Å². The number of rotatable bonds is 5. The first-order valence-corrected chi connectivity index (χ1v) is 7.76. The Hall–Kier alpha value is -3.55. The van der Waals surface area contributed by atoms with Crippen LogP contribution in [0, 0.1) is 0 Å². The molecule has 0 aliphatic rings. The van der Waals surface area contributed by atoms with E-state index in [1.807, 2.05) is 0 Å². The summed E-state index contributed by atoms with van der Waals surface area (Å²) in [5.41, 5.74) is 0.0983. The van der Waals surface area contributed by atoms with E-state index < -0.39 is 18.0 Å². The Bertz CT molecular complexity index is 931. The Labute approximate surface area is 152 Å². The van der Waals surface area contributed by atoms with Crippen LogP contribution in [-0.4, -0.2) is 17.3 Å². The van der Waals surface area contributed by atoms with Gasteiger partial charge in [-0.3, -0.25) is 4.79 Å². The summed E-state index contributed by atoms with van der Waals surface area (Å²) in [5, 5.41) is 2.41. The van der Waals surface area contributed by atoms with Crippen LogP contribution in [0.3, 0.4) is 0 Å². The van der Waals surface area contributed by atoms with Gasteiger partial charge in [0.05, 0.1) is 5.69 Å². The average Bonchev–Trinajstić information content (AvgIpc) is 2.63. The van der Waals surface area contributed by atoms with Crippen molar-refractivity contribution >= 4 is 11.6 Å². The molecule has 0 fully saturated rings. The van der Waals surface area contributed by atoms with Crippen molar-refractivity contribution in [2.45, 2.75) is 6.36 Å². The molecule has 0 saturated heterocycles. The zero-order valence-electron chi connectivity index (χ0n) is 13.7. The van der Waals surface area contributed by atoms with Crippen LogP contribution >= 0.6 is 0 Å². The topological polar surface area (TPSA) is 60.5 Å². The SMILES string of the molecule is O=C(Nc1ccccc1OC(F)(F)F)c1cccc(Oc2ccccn2)c1. The highest BCUT2D eigenvalue weighted by Gasteiger charge is 2.32. The number of ether oxygens (including phenoxy) is 2. The lowest BCUT2D eigenvalue weighted by Gasteiger charge is -2.14. The molecule has 0 bridgehead atoms. The van der Waals surface area contributed by atoms with E-state index in [0.717, 1.165) is 6.07 Å². The van der Waals surface area contributed by atoms with E-state index in [1.165, 1.54) is 30.3 Å². The molecule has 1 aromatic heterocycles. The fourth-order valence-corrected chi connectivity index (χ4v) is 2.21. The second-order valence-electron chi connectivity index (χ2n) is 5.30.